The van der Waals surface area contributed by atoms with E-state index in [9.17, 15) is 4.39 Å². The topological polar surface area (TPSA) is 12.0 Å². The van der Waals surface area contributed by atoms with E-state index in [1.54, 1.807) is 12.1 Å². The molecule has 1 N–H and O–H groups in total. The zero-order chi connectivity index (χ0) is 14.1. The molecule has 1 aromatic carbocycles. The molecule has 0 aromatic heterocycles. The van der Waals surface area contributed by atoms with Gasteiger partial charge in [-0.2, -0.15) is 0 Å². The Labute approximate surface area is 122 Å². The van der Waals surface area contributed by atoms with Gasteiger partial charge in [-0.1, -0.05) is 25.8 Å². The lowest BCUT2D eigenvalue weighted by atomic mass is 9.96. The average Bonchev–Trinajstić information content (AvgIpc) is 3.16. The summed E-state index contributed by atoms with van der Waals surface area (Å²) in [5, 5.41) is 3.67. The molecule has 1 aromatic rings. The summed E-state index contributed by atoms with van der Waals surface area (Å²) in [4.78, 5) is 0. The molecule has 0 amide bonds. The highest BCUT2D eigenvalue weighted by Crippen LogP contribution is 2.57. The van der Waals surface area contributed by atoms with Crippen LogP contribution in [0.5, 0.6) is 0 Å². The molecule has 0 bridgehead atoms. The van der Waals surface area contributed by atoms with Crippen LogP contribution in [0.15, 0.2) is 18.2 Å². The second kappa shape index (κ2) is 5.85. The SMILES string of the molecule is CCNC(Cc1cc(F)ccc1C)C1C2CCCCC21. The van der Waals surface area contributed by atoms with Gasteiger partial charge >= 0.3 is 0 Å². The Morgan fingerprint density at radius 1 is 1.25 bits per heavy atom. The van der Waals surface area contributed by atoms with Gasteiger partial charge in [-0.15, -0.1) is 0 Å². The number of benzene rings is 1. The quantitative estimate of drug-likeness (QED) is 0.853. The Bertz CT molecular complexity index is 458. The van der Waals surface area contributed by atoms with Gasteiger partial charge < -0.3 is 5.32 Å². The summed E-state index contributed by atoms with van der Waals surface area (Å²) in [6.45, 7) is 5.28. The molecule has 0 saturated heterocycles. The van der Waals surface area contributed by atoms with Crippen LogP contribution in [0.25, 0.3) is 0 Å². The molecule has 1 nitrogen and oxygen atoms in total. The first kappa shape index (κ1) is 14.1. The highest BCUT2D eigenvalue weighted by Gasteiger charge is 2.53. The third kappa shape index (κ3) is 2.76. The highest BCUT2D eigenvalue weighted by atomic mass is 19.1. The molecule has 0 radical (unpaired) electrons. The standard InChI is InChI=1S/C18H26FN/c1-3-20-17(18-15-6-4-5-7-16(15)18)11-13-10-14(19)9-8-12(13)2/h8-10,15-18,20H,3-7,11H2,1-2H3. The third-order valence-corrected chi connectivity index (χ3v) is 5.40. The number of hydrogen-bond donors (Lipinski definition) is 1. The van der Waals surface area contributed by atoms with Gasteiger partial charge in [-0.3, -0.25) is 0 Å². The maximum absolute atomic E-state index is 13.5. The second-order valence-corrected chi connectivity index (χ2v) is 6.63. The van der Waals surface area contributed by atoms with Crippen LogP contribution in [0.4, 0.5) is 4.39 Å². The predicted molar refractivity (Wildman–Crippen MR) is 81.2 cm³/mol. The van der Waals surface area contributed by atoms with Crippen molar-refractivity contribution in [3.63, 3.8) is 0 Å². The van der Waals surface area contributed by atoms with E-state index in [0.717, 1.165) is 30.7 Å². The predicted octanol–water partition coefficient (Wildman–Crippen LogP) is 4.09. The van der Waals surface area contributed by atoms with Crippen molar-refractivity contribution in [2.24, 2.45) is 17.8 Å². The largest absolute Gasteiger partial charge is 0.314 e. The second-order valence-electron chi connectivity index (χ2n) is 6.63. The molecule has 3 unspecified atom stereocenters. The van der Waals surface area contributed by atoms with E-state index in [-0.39, 0.29) is 5.82 Å². The van der Waals surface area contributed by atoms with Gasteiger partial charge in [0.05, 0.1) is 0 Å². The molecule has 2 fully saturated rings. The highest BCUT2D eigenvalue weighted by molar-refractivity contribution is 5.28. The normalized spacial score (nSPS) is 29.9. The van der Waals surface area contributed by atoms with E-state index in [1.165, 1.54) is 36.8 Å². The van der Waals surface area contributed by atoms with Crippen LogP contribution in [-0.2, 0) is 6.42 Å². The lowest BCUT2D eigenvalue weighted by molar-refractivity contribution is 0.436. The van der Waals surface area contributed by atoms with Crippen molar-refractivity contribution in [3.05, 3.63) is 35.1 Å². The smallest absolute Gasteiger partial charge is 0.123 e. The Hall–Kier alpha value is -0.890. The average molecular weight is 275 g/mol. The van der Waals surface area contributed by atoms with Crippen LogP contribution in [0.3, 0.4) is 0 Å². The fraction of sp³-hybridized carbons (Fsp3) is 0.667. The molecule has 2 saturated carbocycles. The first-order valence-electron chi connectivity index (χ1n) is 8.19. The van der Waals surface area contributed by atoms with Crippen LogP contribution in [0, 0.1) is 30.5 Å². The molecular weight excluding hydrogens is 249 g/mol. The van der Waals surface area contributed by atoms with E-state index in [0.29, 0.717) is 6.04 Å². The minimum absolute atomic E-state index is 0.103. The molecule has 2 heteroatoms. The van der Waals surface area contributed by atoms with E-state index in [2.05, 4.69) is 19.2 Å². The van der Waals surface area contributed by atoms with Crippen molar-refractivity contribution in [1.29, 1.82) is 0 Å². The van der Waals surface area contributed by atoms with E-state index in [4.69, 9.17) is 0 Å². The number of halogens is 1. The van der Waals surface area contributed by atoms with Gasteiger partial charge in [-0.25, -0.2) is 4.39 Å². The Morgan fingerprint density at radius 3 is 2.60 bits per heavy atom. The number of nitrogens with one attached hydrogen (secondary N) is 1. The first-order valence-corrected chi connectivity index (χ1v) is 8.19. The zero-order valence-corrected chi connectivity index (χ0v) is 12.7. The summed E-state index contributed by atoms with van der Waals surface area (Å²) >= 11 is 0. The molecule has 110 valence electrons. The van der Waals surface area contributed by atoms with Crippen molar-refractivity contribution < 1.29 is 4.39 Å². The van der Waals surface area contributed by atoms with Gasteiger partial charge in [0, 0.05) is 6.04 Å². The number of aryl methyl sites for hydroxylation is 1. The van der Waals surface area contributed by atoms with Gasteiger partial charge in [0.15, 0.2) is 0 Å². The molecule has 0 aliphatic heterocycles. The van der Waals surface area contributed by atoms with Crippen molar-refractivity contribution >= 4 is 0 Å². The van der Waals surface area contributed by atoms with Crippen LogP contribution in [0.2, 0.25) is 0 Å². The molecule has 3 atom stereocenters. The van der Waals surface area contributed by atoms with Gasteiger partial charge in [0.2, 0.25) is 0 Å². The van der Waals surface area contributed by atoms with Crippen LogP contribution < -0.4 is 5.32 Å². The Kier molecular flexibility index (Phi) is 4.11. The van der Waals surface area contributed by atoms with Crippen LogP contribution in [0.1, 0.15) is 43.7 Å². The Morgan fingerprint density at radius 2 is 1.95 bits per heavy atom. The van der Waals surface area contributed by atoms with Gasteiger partial charge in [0.1, 0.15) is 5.82 Å². The molecule has 20 heavy (non-hydrogen) atoms. The van der Waals surface area contributed by atoms with Crippen molar-refractivity contribution in [2.45, 2.75) is 52.0 Å². The molecular formula is C18H26FN. The molecule has 0 heterocycles. The van der Waals surface area contributed by atoms with Gasteiger partial charge in [-0.05, 0) is 73.7 Å². The van der Waals surface area contributed by atoms with E-state index < -0.39 is 0 Å². The molecule has 2 aliphatic carbocycles. The zero-order valence-electron chi connectivity index (χ0n) is 12.7. The van der Waals surface area contributed by atoms with Gasteiger partial charge in [0.25, 0.3) is 0 Å². The first-order chi connectivity index (χ1) is 9.70. The fourth-order valence-electron chi connectivity index (χ4n) is 4.35. The van der Waals surface area contributed by atoms with Crippen molar-refractivity contribution in [2.75, 3.05) is 6.54 Å². The van der Waals surface area contributed by atoms with E-state index >= 15 is 0 Å². The maximum Gasteiger partial charge on any atom is 0.123 e. The summed E-state index contributed by atoms with van der Waals surface area (Å²) in [5.41, 5.74) is 2.40. The lowest BCUT2D eigenvalue weighted by Crippen LogP contribution is -2.34. The van der Waals surface area contributed by atoms with Crippen molar-refractivity contribution in [1.82, 2.24) is 5.32 Å². The van der Waals surface area contributed by atoms with E-state index in [1.807, 2.05) is 6.07 Å². The Balaban J connectivity index is 1.73. The fourth-order valence-corrected chi connectivity index (χ4v) is 4.35. The molecule has 2 aliphatic rings. The minimum atomic E-state index is -0.103. The lowest BCUT2D eigenvalue weighted by Gasteiger charge is -2.20. The number of rotatable bonds is 5. The summed E-state index contributed by atoms with van der Waals surface area (Å²) in [7, 11) is 0. The third-order valence-electron chi connectivity index (χ3n) is 5.40. The summed E-state index contributed by atoms with van der Waals surface area (Å²) in [6.07, 6.45) is 6.64. The minimum Gasteiger partial charge on any atom is -0.314 e. The molecule has 0 spiro atoms. The van der Waals surface area contributed by atoms with Crippen LogP contribution in [-0.4, -0.2) is 12.6 Å². The number of likely N-dealkylation sites (N-methyl/N-ethyl adjacent to an activating group) is 1. The van der Waals surface area contributed by atoms with Crippen molar-refractivity contribution in [3.8, 4) is 0 Å². The molecule has 3 rings (SSSR count). The van der Waals surface area contributed by atoms with Crippen LogP contribution >= 0.6 is 0 Å². The monoisotopic (exact) mass is 275 g/mol. The number of hydrogen-bond acceptors (Lipinski definition) is 1. The number of fused-ring (bicyclic) bond motifs is 1. The maximum atomic E-state index is 13.5. The summed E-state index contributed by atoms with van der Waals surface area (Å²) < 4.78 is 13.5. The summed E-state index contributed by atoms with van der Waals surface area (Å²) in [6, 6.07) is 5.74. The summed E-state index contributed by atoms with van der Waals surface area (Å²) in [5.74, 6) is 2.62.